The zero-order chi connectivity index (χ0) is 15.9. The van der Waals surface area contributed by atoms with E-state index in [9.17, 15) is 14.9 Å². The Morgan fingerprint density at radius 3 is 2.43 bits per heavy atom. The number of ether oxygens (including phenoxy) is 3. The van der Waals surface area contributed by atoms with Crippen molar-refractivity contribution in [2.45, 2.75) is 32.8 Å². The summed E-state index contributed by atoms with van der Waals surface area (Å²) in [6, 6.07) is 5.18. The van der Waals surface area contributed by atoms with Crippen molar-refractivity contribution >= 4 is 11.8 Å². The second-order valence-electron chi connectivity index (χ2n) is 4.89. The number of nitro groups is 1. The van der Waals surface area contributed by atoms with Gasteiger partial charge in [-0.2, -0.15) is 0 Å². The van der Waals surface area contributed by atoms with Crippen LogP contribution in [0.25, 0.3) is 0 Å². The van der Waals surface area contributed by atoms with Crippen LogP contribution in [0.5, 0.6) is 5.75 Å². The third-order valence-electron chi connectivity index (χ3n) is 2.71. The lowest BCUT2D eigenvalue weighted by Gasteiger charge is -2.23. The molecule has 0 spiro atoms. The van der Waals surface area contributed by atoms with Crippen LogP contribution in [0.4, 0.5) is 10.5 Å². The molecule has 116 valence electrons. The maximum absolute atomic E-state index is 11.5. The molecule has 0 N–H and O–H groups in total. The summed E-state index contributed by atoms with van der Waals surface area (Å²) < 4.78 is 15.3. The van der Waals surface area contributed by atoms with E-state index in [1.165, 1.54) is 24.3 Å². The minimum Gasteiger partial charge on any atom is -0.434 e. The van der Waals surface area contributed by atoms with Crippen molar-refractivity contribution in [1.82, 2.24) is 0 Å². The van der Waals surface area contributed by atoms with Crippen LogP contribution in [0, 0.1) is 10.1 Å². The molecule has 0 aliphatic carbocycles. The number of rotatable bonds is 7. The van der Waals surface area contributed by atoms with Crippen LogP contribution in [0.2, 0.25) is 0 Å². The van der Waals surface area contributed by atoms with Gasteiger partial charge in [-0.3, -0.25) is 10.1 Å². The molecule has 0 aliphatic rings. The quantitative estimate of drug-likeness (QED) is 0.332. The van der Waals surface area contributed by atoms with E-state index in [2.05, 4.69) is 0 Å². The van der Waals surface area contributed by atoms with Crippen LogP contribution in [0.3, 0.4) is 0 Å². The van der Waals surface area contributed by atoms with Crippen molar-refractivity contribution in [2.75, 3.05) is 13.2 Å². The standard InChI is InChI=1S/C14H19NO6/c1-4-20-14(2,3)9-10-19-13(16)21-12-7-5-11(6-8-12)15(17)18/h5-8H,4,9-10H2,1-3H3. The minimum atomic E-state index is -0.851. The van der Waals surface area contributed by atoms with Crippen molar-refractivity contribution in [3.63, 3.8) is 0 Å². The fourth-order valence-corrected chi connectivity index (χ4v) is 1.60. The number of carbonyl (C=O) groups is 1. The molecule has 1 aromatic rings. The van der Waals surface area contributed by atoms with Gasteiger partial charge in [0.1, 0.15) is 5.75 Å². The molecule has 7 nitrogen and oxygen atoms in total. The highest BCUT2D eigenvalue weighted by atomic mass is 16.7. The molecule has 21 heavy (non-hydrogen) atoms. The molecule has 0 radical (unpaired) electrons. The number of hydrogen-bond donors (Lipinski definition) is 0. The second kappa shape index (κ2) is 7.58. The molecule has 0 saturated heterocycles. The van der Waals surface area contributed by atoms with Crippen LogP contribution in [0.1, 0.15) is 27.2 Å². The van der Waals surface area contributed by atoms with E-state index in [0.717, 1.165) is 0 Å². The Morgan fingerprint density at radius 1 is 1.29 bits per heavy atom. The smallest absolute Gasteiger partial charge is 0.434 e. The van der Waals surface area contributed by atoms with E-state index in [1.807, 2.05) is 20.8 Å². The molecule has 0 aromatic heterocycles. The van der Waals surface area contributed by atoms with Gasteiger partial charge in [-0.1, -0.05) is 0 Å². The van der Waals surface area contributed by atoms with Crippen molar-refractivity contribution in [2.24, 2.45) is 0 Å². The zero-order valence-electron chi connectivity index (χ0n) is 12.3. The lowest BCUT2D eigenvalue weighted by molar-refractivity contribution is -0.384. The highest BCUT2D eigenvalue weighted by Gasteiger charge is 2.18. The first kappa shape index (κ1) is 16.9. The first-order valence-corrected chi connectivity index (χ1v) is 6.57. The summed E-state index contributed by atoms with van der Waals surface area (Å²) in [6.45, 7) is 6.45. The van der Waals surface area contributed by atoms with Gasteiger partial charge in [-0.05, 0) is 32.9 Å². The van der Waals surface area contributed by atoms with Gasteiger partial charge in [0.2, 0.25) is 0 Å². The lowest BCUT2D eigenvalue weighted by Crippen LogP contribution is -2.27. The highest BCUT2D eigenvalue weighted by Crippen LogP contribution is 2.18. The van der Waals surface area contributed by atoms with Crippen LogP contribution in [0.15, 0.2) is 24.3 Å². The molecular weight excluding hydrogens is 278 g/mol. The largest absolute Gasteiger partial charge is 0.513 e. The molecule has 7 heteroatoms. The maximum Gasteiger partial charge on any atom is 0.513 e. The average molecular weight is 297 g/mol. The van der Waals surface area contributed by atoms with Gasteiger partial charge in [-0.25, -0.2) is 4.79 Å². The number of hydrogen-bond acceptors (Lipinski definition) is 6. The molecule has 0 amide bonds. The summed E-state index contributed by atoms with van der Waals surface area (Å²) in [5.74, 6) is 0.190. The number of benzene rings is 1. The predicted octanol–water partition coefficient (Wildman–Crippen LogP) is 3.32. The summed E-state index contributed by atoms with van der Waals surface area (Å²) in [6.07, 6.45) is -0.313. The molecule has 1 aromatic carbocycles. The summed E-state index contributed by atoms with van der Waals surface area (Å²) in [5, 5.41) is 10.5. The van der Waals surface area contributed by atoms with Crippen LogP contribution in [-0.4, -0.2) is 29.9 Å². The third kappa shape index (κ3) is 6.22. The topological polar surface area (TPSA) is 87.9 Å². The molecule has 0 bridgehead atoms. The lowest BCUT2D eigenvalue weighted by atomic mass is 10.1. The van der Waals surface area contributed by atoms with Crippen molar-refractivity contribution in [1.29, 1.82) is 0 Å². The Kier molecular flexibility index (Phi) is 6.10. The molecule has 0 saturated carbocycles. The molecule has 0 aliphatic heterocycles. The second-order valence-corrected chi connectivity index (χ2v) is 4.89. The zero-order valence-corrected chi connectivity index (χ0v) is 12.3. The van der Waals surface area contributed by atoms with Crippen LogP contribution in [-0.2, 0) is 9.47 Å². The Balaban J connectivity index is 2.38. The first-order valence-electron chi connectivity index (χ1n) is 6.57. The summed E-state index contributed by atoms with van der Waals surface area (Å²) in [4.78, 5) is 21.4. The Labute approximate surface area is 123 Å². The Morgan fingerprint density at radius 2 is 1.90 bits per heavy atom. The fraction of sp³-hybridized carbons (Fsp3) is 0.500. The molecular formula is C14H19NO6. The number of carbonyl (C=O) groups excluding carboxylic acids is 1. The molecule has 0 heterocycles. The van der Waals surface area contributed by atoms with Crippen LogP contribution < -0.4 is 4.74 Å². The van der Waals surface area contributed by atoms with Gasteiger partial charge >= 0.3 is 6.16 Å². The van der Waals surface area contributed by atoms with Gasteiger partial charge < -0.3 is 14.2 Å². The first-order chi connectivity index (χ1) is 9.84. The molecule has 0 fully saturated rings. The van der Waals surface area contributed by atoms with E-state index in [1.54, 1.807) is 0 Å². The van der Waals surface area contributed by atoms with E-state index >= 15 is 0 Å². The van der Waals surface area contributed by atoms with Gasteiger partial charge in [0, 0.05) is 25.2 Å². The SMILES string of the molecule is CCOC(C)(C)CCOC(=O)Oc1ccc([N+](=O)[O-])cc1. The van der Waals surface area contributed by atoms with E-state index in [0.29, 0.717) is 13.0 Å². The van der Waals surface area contributed by atoms with E-state index in [4.69, 9.17) is 14.2 Å². The van der Waals surface area contributed by atoms with E-state index in [-0.39, 0.29) is 23.6 Å². The molecule has 0 unspecified atom stereocenters. The predicted molar refractivity (Wildman–Crippen MR) is 75.4 cm³/mol. The summed E-state index contributed by atoms with van der Waals surface area (Å²) >= 11 is 0. The summed E-state index contributed by atoms with van der Waals surface area (Å²) in [5.41, 5.74) is -0.447. The fourth-order valence-electron chi connectivity index (χ4n) is 1.60. The normalized spacial score (nSPS) is 11.0. The third-order valence-corrected chi connectivity index (χ3v) is 2.71. The molecule has 0 atom stereocenters. The van der Waals surface area contributed by atoms with Gasteiger partial charge in [0.05, 0.1) is 17.1 Å². The maximum atomic E-state index is 11.5. The van der Waals surface area contributed by atoms with Crippen molar-refractivity contribution in [3.8, 4) is 5.75 Å². The van der Waals surface area contributed by atoms with E-state index < -0.39 is 11.1 Å². The van der Waals surface area contributed by atoms with Gasteiger partial charge in [0.25, 0.3) is 5.69 Å². The van der Waals surface area contributed by atoms with Crippen molar-refractivity contribution < 1.29 is 23.9 Å². The Hall–Kier alpha value is -2.15. The monoisotopic (exact) mass is 297 g/mol. The summed E-state index contributed by atoms with van der Waals surface area (Å²) in [7, 11) is 0. The van der Waals surface area contributed by atoms with Gasteiger partial charge in [-0.15, -0.1) is 0 Å². The van der Waals surface area contributed by atoms with Crippen molar-refractivity contribution in [3.05, 3.63) is 34.4 Å². The highest BCUT2D eigenvalue weighted by molar-refractivity contribution is 5.63. The number of non-ortho nitro benzene ring substituents is 1. The Bertz CT molecular complexity index is 483. The number of nitrogens with zero attached hydrogens (tertiary/aromatic N) is 1. The minimum absolute atomic E-state index is 0.0748. The number of nitro benzene ring substituents is 1. The molecule has 1 rings (SSSR count). The average Bonchev–Trinajstić information content (AvgIpc) is 2.38. The van der Waals surface area contributed by atoms with Gasteiger partial charge in [0.15, 0.2) is 0 Å². The van der Waals surface area contributed by atoms with Crippen LogP contribution >= 0.6 is 0 Å².